The third-order valence-corrected chi connectivity index (χ3v) is 4.05. The molecule has 1 atom stereocenters. The molecule has 1 unspecified atom stereocenters. The van der Waals surface area contributed by atoms with Crippen LogP contribution < -0.4 is 5.32 Å². The van der Waals surface area contributed by atoms with Crippen LogP contribution in [0.15, 0.2) is 0 Å². The molecule has 0 spiro atoms. The first-order valence-electron chi connectivity index (χ1n) is 6.31. The molecule has 2 aliphatic rings. The number of nitrogens with zero attached hydrogens (tertiary/aromatic N) is 2. The van der Waals surface area contributed by atoms with Crippen molar-refractivity contribution in [3.63, 3.8) is 0 Å². The fourth-order valence-electron chi connectivity index (χ4n) is 2.61. The average Bonchev–Trinajstić information content (AvgIpc) is 3.11. The molecule has 0 radical (unpaired) electrons. The van der Waals surface area contributed by atoms with Gasteiger partial charge in [-0.1, -0.05) is 13.8 Å². The Balaban J connectivity index is 2.21. The number of carbonyl (C=O) groups excluding carboxylic acids is 2. The number of nitriles is 1. The van der Waals surface area contributed by atoms with E-state index in [0.29, 0.717) is 0 Å². The minimum Gasteiger partial charge on any atom is -0.301 e. The van der Waals surface area contributed by atoms with Crippen molar-refractivity contribution < 1.29 is 9.59 Å². The molecule has 2 fully saturated rings. The number of amides is 2. The van der Waals surface area contributed by atoms with Crippen molar-refractivity contribution in [1.82, 2.24) is 10.2 Å². The van der Waals surface area contributed by atoms with Crippen LogP contribution in [-0.2, 0) is 9.59 Å². The van der Waals surface area contributed by atoms with Crippen molar-refractivity contribution in [2.24, 2.45) is 11.3 Å². The second-order valence-corrected chi connectivity index (χ2v) is 5.95. The lowest BCUT2D eigenvalue weighted by Gasteiger charge is -2.30. The number of rotatable bonds is 4. The summed E-state index contributed by atoms with van der Waals surface area (Å²) in [5, 5.41) is 12.4. The summed E-state index contributed by atoms with van der Waals surface area (Å²) < 4.78 is 0. The molecule has 1 aliphatic carbocycles. The van der Waals surface area contributed by atoms with Gasteiger partial charge in [-0.05, 0) is 25.8 Å². The predicted molar refractivity (Wildman–Crippen MR) is 65.2 cm³/mol. The first kappa shape index (κ1) is 13.0. The van der Waals surface area contributed by atoms with Gasteiger partial charge < -0.3 is 5.32 Å². The molecule has 0 aromatic heterocycles. The Bertz CT molecular complexity index is 434. The zero-order valence-electron chi connectivity index (χ0n) is 11.1. The van der Waals surface area contributed by atoms with E-state index in [1.165, 1.54) is 4.90 Å². The maximum atomic E-state index is 12.2. The van der Waals surface area contributed by atoms with Crippen LogP contribution in [0.3, 0.4) is 0 Å². The molecule has 98 valence electrons. The number of carbonyl (C=O) groups is 2. The Morgan fingerprint density at radius 1 is 1.50 bits per heavy atom. The van der Waals surface area contributed by atoms with Gasteiger partial charge >= 0.3 is 0 Å². The van der Waals surface area contributed by atoms with Gasteiger partial charge in [0.1, 0.15) is 5.54 Å². The van der Waals surface area contributed by atoms with Gasteiger partial charge in [-0.2, -0.15) is 5.26 Å². The van der Waals surface area contributed by atoms with Crippen LogP contribution in [-0.4, -0.2) is 35.8 Å². The number of hydrogen-bond donors (Lipinski definition) is 1. The van der Waals surface area contributed by atoms with E-state index in [4.69, 9.17) is 0 Å². The highest BCUT2D eigenvalue weighted by atomic mass is 16.2. The lowest BCUT2D eigenvalue weighted by molar-refractivity contribution is -0.141. The minimum absolute atomic E-state index is 0.164. The van der Waals surface area contributed by atoms with Crippen LogP contribution in [0.1, 0.15) is 33.1 Å². The number of imide groups is 1. The van der Waals surface area contributed by atoms with E-state index in [1.807, 2.05) is 0 Å². The van der Waals surface area contributed by atoms with E-state index < -0.39 is 11.0 Å². The highest BCUT2D eigenvalue weighted by Crippen LogP contribution is 2.41. The third-order valence-electron chi connectivity index (χ3n) is 4.05. The van der Waals surface area contributed by atoms with Gasteiger partial charge in [0.05, 0.1) is 18.0 Å². The van der Waals surface area contributed by atoms with Gasteiger partial charge in [0.15, 0.2) is 0 Å². The topological polar surface area (TPSA) is 73.2 Å². The van der Waals surface area contributed by atoms with Crippen molar-refractivity contribution in [3.8, 4) is 6.07 Å². The van der Waals surface area contributed by atoms with Crippen LogP contribution in [0.25, 0.3) is 0 Å². The van der Waals surface area contributed by atoms with Crippen molar-refractivity contribution >= 4 is 11.8 Å². The third kappa shape index (κ3) is 1.91. The number of nitrogens with one attached hydrogen (secondary N) is 1. The first-order valence-corrected chi connectivity index (χ1v) is 6.31. The molecule has 1 N–H and O–H groups in total. The molecule has 1 heterocycles. The summed E-state index contributed by atoms with van der Waals surface area (Å²) in [6, 6.07) is 2.27. The molecule has 18 heavy (non-hydrogen) atoms. The molecule has 5 heteroatoms. The van der Waals surface area contributed by atoms with E-state index in [2.05, 4.69) is 11.4 Å². The van der Waals surface area contributed by atoms with Crippen molar-refractivity contribution in [1.29, 1.82) is 5.26 Å². The zero-order chi connectivity index (χ0) is 13.6. The Hall–Kier alpha value is -1.41. The Kier molecular flexibility index (Phi) is 2.94. The Morgan fingerprint density at radius 3 is 2.44 bits per heavy atom. The SMILES string of the molecule is CNC(C#N)(CN1C(=O)CC(C)(C)C1=O)C1CC1. The van der Waals surface area contributed by atoms with Gasteiger partial charge in [-0.3, -0.25) is 14.5 Å². The standard InChI is InChI=1S/C13H19N3O2/c1-12(2)6-10(17)16(11(12)18)8-13(7-14,15-3)9-4-5-9/h9,15H,4-6,8H2,1-3H3. The molecular weight excluding hydrogens is 230 g/mol. The number of likely N-dealkylation sites (tertiary alicyclic amines) is 1. The lowest BCUT2D eigenvalue weighted by atomic mass is 9.91. The van der Waals surface area contributed by atoms with E-state index in [1.54, 1.807) is 20.9 Å². The predicted octanol–water partition coefficient (Wildman–Crippen LogP) is 0.663. The molecule has 2 amide bonds. The maximum Gasteiger partial charge on any atom is 0.235 e. The van der Waals surface area contributed by atoms with Gasteiger partial charge in [-0.15, -0.1) is 0 Å². The monoisotopic (exact) mass is 249 g/mol. The molecule has 0 aromatic carbocycles. The molecular formula is C13H19N3O2. The molecule has 5 nitrogen and oxygen atoms in total. The fourth-order valence-corrected chi connectivity index (χ4v) is 2.61. The smallest absolute Gasteiger partial charge is 0.235 e. The van der Waals surface area contributed by atoms with E-state index in [-0.39, 0.29) is 30.7 Å². The van der Waals surface area contributed by atoms with Crippen LogP contribution in [0.4, 0.5) is 0 Å². The average molecular weight is 249 g/mol. The van der Waals surface area contributed by atoms with Crippen LogP contribution in [0, 0.1) is 22.7 Å². The quantitative estimate of drug-likeness (QED) is 0.743. The normalized spacial score (nSPS) is 26.0. The summed E-state index contributed by atoms with van der Waals surface area (Å²) in [4.78, 5) is 25.3. The Morgan fingerprint density at radius 2 is 2.11 bits per heavy atom. The lowest BCUT2D eigenvalue weighted by Crippen LogP contribution is -2.54. The van der Waals surface area contributed by atoms with Gasteiger partial charge in [0.2, 0.25) is 11.8 Å². The zero-order valence-corrected chi connectivity index (χ0v) is 11.1. The second-order valence-electron chi connectivity index (χ2n) is 5.95. The maximum absolute atomic E-state index is 12.2. The summed E-state index contributed by atoms with van der Waals surface area (Å²) in [5.41, 5.74) is -1.40. The molecule has 0 bridgehead atoms. The van der Waals surface area contributed by atoms with Crippen molar-refractivity contribution in [2.75, 3.05) is 13.6 Å². The van der Waals surface area contributed by atoms with Gasteiger partial charge in [0.25, 0.3) is 0 Å². The van der Waals surface area contributed by atoms with Crippen molar-refractivity contribution in [3.05, 3.63) is 0 Å². The molecule has 1 saturated carbocycles. The molecule has 2 rings (SSSR count). The summed E-state index contributed by atoms with van der Waals surface area (Å²) in [5.74, 6) is -0.0830. The van der Waals surface area contributed by atoms with Gasteiger partial charge in [0, 0.05) is 6.42 Å². The highest BCUT2D eigenvalue weighted by molar-refractivity contribution is 6.05. The number of likely N-dealkylation sites (N-methyl/N-ethyl adjacent to an activating group) is 1. The first-order chi connectivity index (χ1) is 8.36. The van der Waals surface area contributed by atoms with Crippen molar-refractivity contribution in [2.45, 2.75) is 38.6 Å². The highest BCUT2D eigenvalue weighted by Gasteiger charge is 2.52. The van der Waals surface area contributed by atoms with Crippen LogP contribution in [0.5, 0.6) is 0 Å². The fraction of sp³-hybridized carbons (Fsp3) is 0.769. The second kappa shape index (κ2) is 4.06. The number of hydrogen-bond acceptors (Lipinski definition) is 4. The summed E-state index contributed by atoms with van der Waals surface area (Å²) in [6.07, 6.45) is 2.20. The van der Waals surface area contributed by atoms with Crippen LogP contribution >= 0.6 is 0 Å². The van der Waals surface area contributed by atoms with Crippen LogP contribution in [0.2, 0.25) is 0 Å². The molecule has 1 saturated heterocycles. The summed E-state index contributed by atoms with van der Waals surface area (Å²) >= 11 is 0. The Labute approximate surface area is 107 Å². The minimum atomic E-state index is -0.772. The van der Waals surface area contributed by atoms with E-state index >= 15 is 0 Å². The van der Waals surface area contributed by atoms with Gasteiger partial charge in [-0.25, -0.2) is 0 Å². The van der Waals surface area contributed by atoms with E-state index in [9.17, 15) is 14.9 Å². The largest absolute Gasteiger partial charge is 0.301 e. The summed E-state index contributed by atoms with van der Waals surface area (Å²) in [6.45, 7) is 3.72. The molecule has 1 aliphatic heterocycles. The van der Waals surface area contributed by atoms with E-state index in [0.717, 1.165) is 12.8 Å². The summed E-state index contributed by atoms with van der Waals surface area (Å²) in [7, 11) is 1.72. The molecule has 0 aromatic rings.